The third-order valence-electron chi connectivity index (χ3n) is 5.10. The summed E-state index contributed by atoms with van der Waals surface area (Å²) in [5, 5.41) is 17.4. The van der Waals surface area contributed by atoms with Crippen molar-refractivity contribution < 1.29 is 4.52 Å². The molecule has 5 rings (SSSR count). The Balaban J connectivity index is 1.59. The lowest BCUT2D eigenvalue weighted by molar-refractivity contribution is 0.419. The minimum Gasteiger partial charge on any atom is -0.398 e. The lowest BCUT2D eigenvalue weighted by atomic mass is 10.1. The molecular formula is C20H17N7O2S. The van der Waals surface area contributed by atoms with Crippen molar-refractivity contribution in [1.29, 1.82) is 5.41 Å². The molecule has 0 aliphatic heterocycles. The van der Waals surface area contributed by atoms with Gasteiger partial charge < -0.3 is 20.2 Å². The zero-order valence-electron chi connectivity index (χ0n) is 16.0. The van der Waals surface area contributed by atoms with Crippen LogP contribution in [0.4, 0.5) is 5.69 Å². The average Bonchev–Trinajstić information content (AvgIpc) is 3.44. The molecule has 30 heavy (non-hydrogen) atoms. The Hall–Kier alpha value is -3.79. The first-order valence-electron chi connectivity index (χ1n) is 9.17. The summed E-state index contributed by atoms with van der Waals surface area (Å²) in [4.78, 5) is 17.9. The largest absolute Gasteiger partial charge is 0.398 e. The van der Waals surface area contributed by atoms with E-state index in [4.69, 9.17) is 20.7 Å². The summed E-state index contributed by atoms with van der Waals surface area (Å²) >= 11 is 1.54. The van der Waals surface area contributed by atoms with Crippen LogP contribution in [0.5, 0.6) is 0 Å². The van der Waals surface area contributed by atoms with E-state index in [0.717, 1.165) is 31.9 Å². The molecule has 9 nitrogen and oxygen atoms in total. The Kier molecular flexibility index (Phi) is 4.21. The van der Waals surface area contributed by atoms with Gasteiger partial charge >= 0.3 is 0 Å². The van der Waals surface area contributed by atoms with E-state index in [1.807, 2.05) is 17.7 Å². The Labute approximate surface area is 173 Å². The van der Waals surface area contributed by atoms with Gasteiger partial charge in [-0.25, -0.2) is 9.67 Å². The summed E-state index contributed by atoms with van der Waals surface area (Å²) in [6.45, 7) is 0.232. The van der Waals surface area contributed by atoms with Crippen LogP contribution in [0, 0.1) is 5.41 Å². The van der Waals surface area contributed by atoms with Crippen LogP contribution in [0.15, 0.2) is 46.2 Å². The van der Waals surface area contributed by atoms with Crippen molar-refractivity contribution in [2.75, 3.05) is 5.73 Å². The highest BCUT2D eigenvalue weighted by Gasteiger charge is 2.19. The molecule has 0 unspecified atom stereocenters. The lowest BCUT2D eigenvalue weighted by Crippen LogP contribution is -2.25. The lowest BCUT2D eigenvalue weighted by Gasteiger charge is -2.10. The quantitative estimate of drug-likeness (QED) is 0.333. The van der Waals surface area contributed by atoms with Crippen LogP contribution in [0.2, 0.25) is 0 Å². The van der Waals surface area contributed by atoms with Crippen LogP contribution in [0.1, 0.15) is 21.7 Å². The summed E-state index contributed by atoms with van der Waals surface area (Å²) in [6, 6.07) is 5.38. The number of nitrogens with zero attached hydrogens (tertiary/aromatic N) is 5. The van der Waals surface area contributed by atoms with Gasteiger partial charge in [0.05, 0.1) is 23.6 Å². The number of hydrogen-bond donors (Lipinski definition) is 2. The van der Waals surface area contributed by atoms with Crippen molar-refractivity contribution in [2.45, 2.75) is 13.0 Å². The fourth-order valence-corrected chi connectivity index (χ4v) is 4.76. The highest BCUT2D eigenvalue weighted by Crippen LogP contribution is 2.31. The molecule has 4 aromatic heterocycles. The molecule has 0 saturated carbocycles. The van der Waals surface area contributed by atoms with Crippen LogP contribution in [-0.4, -0.2) is 30.7 Å². The topological polar surface area (TPSA) is 129 Å². The van der Waals surface area contributed by atoms with Crippen molar-refractivity contribution in [3.05, 3.63) is 68.9 Å². The van der Waals surface area contributed by atoms with Crippen molar-refractivity contribution in [3.63, 3.8) is 0 Å². The molecule has 150 valence electrons. The maximum Gasteiger partial charge on any atom is 0.291 e. The van der Waals surface area contributed by atoms with Gasteiger partial charge in [-0.05, 0) is 11.6 Å². The minimum atomic E-state index is -0.209. The maximum absolute atomic E-state index is 13.2. The van der Waals surface area contributed by atoms with E-state index in [9.17, 15) is 4.79 Å². The number of thiazole rings is 1. The third kappa shape index (κ3) is 2.80. The minimum absolute atomic E-state index is 0.209. The number of benzene rings is 1. The van der Waals surface area contributed by atoms with Crippen molar-refractivity contribution in [3.8, 4) is 0 Å². The zero-order valence-corrected chi connectivity index (χ0v) is 16.8. The summed E-state index contributed by atoms with van der Waals surface area (Å²) in [5.41, 5.74) is 9.86. The SMILES string of the molecule is Cn1c2nc(Cc3cnoc3)sc2c2cnn(Cc3cccc(N)c3C=N)c(=O)c21. The van der Waals surface area contributed by atoms with Crippen molar-refractivity contribution >= 4 is 44.5 Å². The summed E-state index contributed by atoms with van der Waals surface area (Å²) in [6.07, 6.45) is 6.80. The molecule has 5 aromatic rings. The Morgan fingerprint density at radius 1 is 1.33 bits per heavy atom. The number of fused-ring (bicyclic) bond motifs is 3. The van der Waals surface area contributed by atoms with Gasteiger partial charge in [0.25, 0.3) is 5.56 Å². The van der Waals surface area contributed by atoms with E-state index in [1.165, 1.54) is 22.2 Å². The molecule has 0 aliphatic rings. The van der Waals surface area contributed by atoms with E-state index in [-0.39, 0.29) is 12.1 Å². The van der Waals surface area contributed by atoms with Crippen LogP contribution < -0.4 is 11.3 Å². The average molecular weight is 419 g/mol. The van der Waals surface area contributed by atoms with E-state index in [2.05, 4.69) is 10.3 Å². The summed E-state index contributed by atoms with van der Waals surface area (Å²) in [5.74, 6) is 0. The number of aryl methyl sites for hydroxylation is 1. The molecule has 0 bridgehead atoms. The van der Waals surface area contributed by atoms with E-state index in [1.54, 1.807) is 30.8 Å². The van der Waals surface area contributed by atoms with Crippen molar-refractivity contribution in [1.82, 2.24) is 24.5 Å². The van der Waals surface area contributed by atoms with E-state index >= 15 is 0 Å². The van der Waals surface area contributed by atoms with Crippen molar-refractivity contribution in [2.24, 2.45) is 7.05 Å². The molecule has 4 heterocycles. The van der Waals surface area contributed by atoms with Gasteiger partial charge in [-0.1, -0.05) is 17.3 Å². The number of rotatable bonds is 5. The molecule has 0 spiro atoms. The normalized spacial score (nSPS) is 11.5. The monoisotopic (exact) mass is 419 g/mol. The maximum atomic E-state index is 13.2. The summed E-state index contributed by atoms with van der Waals surface area (Å²) < 4.78 is 9.02. The second kappa shape index (κ2) is 6.92. The molecule has 3 N–H and O–H groups in total. The van der Waals surface area contributed by atoms with Crippen LogP contribution >= 0.6 is 11.3 Å². The van der Waals surface area contributed by atoms with Gasteiger partial charge in [-0.2, -0.15) is 5.10 Å². The molecule has 0 fully saturated rings. The number of nitrogens with one attached hydrogen (secondary N) is 1. The third-order valence-corrected chi connectivity index (χ3v) is 6.18. The smallest absolute Gasteiger partial charge is 0.291 e. The Bertz CT molecular complexity index is 1460. The molecular weight excluding hydrogens is 402 g/mol. The molecule has 1 aromatic carbocycles. The predicted molar refractivity (Wildman–Crippen MR) is 115 cm³/mol. The molecule has 0 saturated heterocycles. The number of hydrogen-bond acceptors (Lipinski definition) is 8. The van der Waals surface area contributed by atoms with Gasteiger partial charge in [0.2, 0.25) is 0 Å². The standard InChI is InChI=1S/C20H17N7O2S/c1-26-17-14(18-19(26)25-16(30-18)5-11-7-24-29-10-11)8-23-27(20(17)28)9-12-3-2-4-15(22)13(12)6-21/h2-4,6-8,10,21H,5,9,22H2,1H3. The molecule has 0 aliphatic carbocycles. The van der Waals surface area contributed by atoms with Gasteiger partial charge in [-0.15, -0.1) is 11.3 Å². The highest BCUT2D eigenvalue weighted by molar-refractivity contribution is 7.19. The van der Waals surface area contributed by atoms with Gasteiger partial charge in [0.15, 0.2) is 5.65 Å². The number of anilines is 1. The fourth-order valence-electron chi connectivity index (χ4n) is 3.62. The first-order chi connectivity index (χ1) is 14.6. The Morgan fingerprint density at radius 2 is 2.20 bits per heavy atom. The van der Waals surface area contributed by atoms with Gasteiger partial charge in [0, 0.05) is 41.9 Å². The van der Waals surface area contributed by atoms with Crippen LogP contribution in [0.25, 0.3) is 21.3 Å². The second-order valence-corrected chi connectivity index (χ2v) is 8.05. The number of aromatic nitrogens is 5. The van der Waals surface area contributed by atoms with Gasteiger partial charge in [-0.3, -0.25) is 4.79 Å². The number of nitrogens with two attached hydrogens (primary N) is 1. The zero-order chi connectivity index (χ0) is 20.8. The number of nitrogen functional groups attached to an aromatic ring is 1. The molecule has 0 radical (unpaired) electrons. The van der Waals surface area contributed by atoms with Crippen LogP contribution in [0.3, 0.4) is 0 Å². The molecule has 0 atom stereocenters. The molecule has 10 heteroatoms. The summed E-state index contributed by atoms with van der Waals surface area (Å²) in [7, 11) is 1.84. The molecule has 0 amide bonds. The Morgan fingerprint density at radius 3 is 2.97 bits per heavy atom. The first kappa shape index (κ1) is 18.3. The first-order valence-corrected chi connectivity index (χ1v) is 9.98. The predicted octanol–water partition coefficient (Wildman–Crippen LogP) is 2.55. The highest BCUT2D eigenvalue weighted by atomic mass is 32.1. The van der Waals surface area contributed by atoms with E-state index in [0.29, 0.717) is 23.2 Å². The fraction of sp³-hybridized carbons (Fsp3) is 0.150. The van der Waals surface area contributed by atoms with Crippen LogP contribution in [-0.2, 0) is 20.0 Å². The second-order valence-electron chi connectivity index (χ2n) is 6.96. The van der Waals surface area contributed by atoms with Gasteiger partial charge in [0.1, 0.15) is 16.8 Å². The van der Waals surface area contributed by atoms with E-state index < -0.39 is 0 Å².